The summed E-state index contributed by atoms with van der Waals surface area (Å²) in [5, 5.41) is 22.8. The van der Waals surface area contributed by atoms with E-state index in [1.165, 1.54) is 12.1 Å². The molecular formula is C36H36FN3O6. The molecule has 1 aliphatic carbocycles. The Bertz CT molecular complexity index is 1840. The zero-order valence-corrected chi connectivity index (χ0v) is 25.8. The largest absolute Gasteiger partial charge is 0.489 e. The number of pyridine rings is 2. The first-order valence-corrected chi connectivity index (χ1v) is 15.7. The van der Waals surface area contributed by atoms with Gasteiger partial charge in [-0.3, -0.25) is 14.6 Å². The van der Waals surface area contributed by atoms with Gasteiger partial charge in [0.2, 0.25) is 5.91 Å². The number of fused-ring (bicyclic) bond motifs is 2. The van der Waals surface area contributed by atoms with Crippen molar-refractivity contribution in [1.29, 1.82) is 0 Å². The van der Waals surface area contributed by atoms with Crippen molar-refractivity contribution < 1.29 is 33.7 Å². The van der Waals surface area contributed by atoms with E-state index in [9.17, 15) is 24.2 Å². The normalized spacial score (nSPS) is 21.9. The first-order valence-electron chi connectivity index (χ1n) is 15.7. The topological polar surface area (TPSA) is 122 Å². The Morgan fingerprint density at radius 3 is 2.65 bits per heavy atom. The summed E-state index contributed by atoms with van der Waals surface area (Å²) in [7, 11) is 0. The average Bonchev–Trinajstić information content (AvgIpc) is 3.66. The number of Topliss-reactive ketones (excluding diaryl/α,β-unsaturated/α-hetero) is 1. The number of aliphatic hydroxyl groups is 2. The molecule has 2 N–H and O–H groups in total. The van der Waals surface area contributed by atoms with Gasteiger partial charge < -0.3 is 24.6 Å². The lowest BCUT2D eigenvalue weighted by Gasteiger charge is -2.29. The minimum atomic E-state index is -1.57. The maximum atomic E-state index is 13.9. The summed E-state index contributed by atoms with van der Waals surface area (Å²) in [4.78, 5) is 38.3. The van der Waals surface area contributed by atoms with Crippen molar-refractivity contribution in [1.82, 2.24) is 14.9 Å². The Labute approximate surface area is 266 Å². The molecule has 3 atom stereocenters. The summed E-state index contributed by atoms with van der Waals surface area (Å²) < 4.78 is 26.1. The van der Waals surface area contributed by atoms with Gasteiger partial charge in [0.1, 0.15) is 46.1 Å². The highest BCUT2D eigenvalue weighted by atomic mass is 19.1. The maximum Gasteiger partial charge on any atom is 0.236 e. The van der Waals surface area contributed by atoms with E-state index in [-0.39, 0.29) is 49.5 Å². The van der Waals surface area contributed by atoms with Crippen LogP contribution in [0.4, 0.5) is 4.39 Å². The highest BCUT2D eigenvalue weighted by Gasteiger charge is 2.48. The van der Waals surface area contributed by atoms with E-state index in [1.54, 1.807) is 55.3 Å². The monoisotopic (exact) mass is 625 g/mol. The van der Waals surface area contributed by atoms with Crippen molar-refractivity contribution in [3.05, 3.63) is 83.4 Å². The Balaban J connectivity index is 1.21. The van der Waals surface area contributed by atoms with Crippen LogP contribution in [0.25, 0.3) is 22.2 Å². The molecule has 2 aliphatic heterocycles. The third-order valence-electron chi connectivity index (χ3n) is 9.31. The Morgan fingerprint density at radius 1 is 1.15 bits per heavy atom. The van der Waals surface area contributed by atoms with Crippen LogP contribution in [0.2, 0.25) is 0 Å². The zero-order valence-electron chi connectivity index (χ0n) is 25.8. The predicted octanol–water partition coefficient (Wildman–Crippen LogP) is 5.09. The van der Waals surface area contributed by atoms with Crippen molar-refractivity contribution in [2.24, 2.45) is 0 Å². The maximum absolute atomic E-state index is 13.9. The molecule has 46 heavy (non-hydrogen) atoms. The number of aliphatic hydroxyl groups excluding tert-OH is 1. The molecule has 7 rings (SSSR count). The van der Waals surface area contributed by atoms with E-state index < -0.39 is 22.9 Å². The van der Waals surface area contributed by atoms with Gasteiger partial charge in [-0.1, -0.05) is 6.07 Å². The number of benzene rings is 2. The fourth-order valence-corrected chi connectivity index (χ4v) is 6.32. The highest BCUT2D eigenvalue weighted by Crippen LogP contribution is 2.47. The molecule has 4 aromatic rings. The van der Waals surface area contributed by atoms with Crippen molar-refractivity contribution in [2.75, 3.05) is 19.7 Å². The molecule has 1 saturated carbocycles. The molecule has 2 aromatic carbocycles. The summed E-state index contributed by atoms with van der Waals surface area (Å²) in [5.74, 6) is 0.211. The number of hydrogen-bond donors (Lipinski definition) is 2. The van der Waals surface area contributed by atoms with Crippen molar-refractivity contribution in [2.45, 2.75) is 69.2 Å². The summed E-state index contributed by atoms with van der Waals surface area (Å²) in [6, 6.07) is 14.7. The van der Waals surface area contributed by atoms with Gasteiger partial charge in [0.05, 0.1) is 17.9 Å². The lowest BCUT2D eigenvalue weighted by atomic mass is 9.80. The highest BCUT2D eigenvalue weighted by molar-refractivity contribution is 6.01. The Morgan fingerprint density at radius 2 is 1.93 bits per heavy atom. The second-order valence-electron chi connectivity index (χ2n) is 13.1. The van der Waals surface area contributed by atoms with Crippen LogP contribution in [0.3, 0.4) is 0 Å². The predicted molar refractivity (Wildman–Crippen MR) is 168 cm³/mol. The fourth-order valence-electron chi connectivity index (χ4n) is 6.32. The molecule has 238 valence electrons. The van der Waals surface area contributed by atoms with Crippen LogP contribution in [0, 0.1) is 5.82 Å². The molecule has 0 spiro atoms. The van der Waals surface area contributed by atoms with Crippen LogP contribution in [-0.4, -0.2) is 68.7 Å². The zero-order chi connectivity index (χ0) is 32.2. The van der Waals surface area contributed by atoms with Crippen molar-refractivity contribution in [3.63, 3.8) is 0 Å². The third-order valence-corrected chi connectivity index (χ3v) is 9.31. The number of amides is 1. The van der Waals surface area contributed by atoms with Crippen LogP contribution in [-0.2, 0) is 15.8 Å². The summed E-state index contributed by atoms with van der Waals surface area (Å²) in [5.41, 5.74) is 0.269. The molecule has 10 heteroatoms. The molecule has 2 fully saturated rings. The van der Waals surface area contributed by atoms with Crippen LogP contribution in [0.15, 0.2) is 60.8 Å². The van der Waals surface area contributed by atoms with E-state index >= 15 is 0 Å². The summed E-state index contributed by atoms with van der Waals surface area (Å²) in [6.45, 7) is 4.12. The van der Waals surface area contributed by atoms with Crippen LogP contribution >= 0.6 is 0 Å². The molecular weight excluding hydrogens is 589 g/mol. The number of aromatic nitrogens is 2. The van der Waals surface area contributed by atoms with Crippen molar-refractivity contribution in [3.8, 4) is 22.8 Å². The minimum absolute atomic E-state index is 0.0185. The third kappa shape index (κ3) is 5.60. The first-order chi connectivity index (χ1) is 22.0. The molecule has 9 nitrogen and oxygen atoms in total. The molecule has 4 heterocycles. The van der Waals surface area contributed by atoms with Crippen LogP contribution in [0.1, 0.15) is 67.6 Å². The van der Waals surface area contributed by atoms with Gasteiger partial charge in [0.25, 0.3) is 0 Å². The number of rotatable bonds is 9. The number of likely N-dealkylation sites (tertiary alicyclic amines) is 1. The number of carbonyl (C=O) groups excluding carboxylic acids is 2. The van der Waals surface area contributed by atoms with E-state index in [2.05, 4.69) is 4.98 Å². The van der Waals surface area contributed by atoms with E-state index in [1.807, 2.05) is 12.1 Å². The number of carbonyl (C=O) groups is 2. The van der Waals surface area contributed by atoms with Gasteiger partial charge in [0, 0.05) is 47.8 Å². The molecule has 0 radical (unpaired) electrons. The number of nitrogens with zero attached hydrogens (tertiary/aromatic N) is 3. The molecule has 1 saturated heterocycles. The second kappa shape index (κ2) is 11.4. The second-order valence-corrected chi connectivity index (χ2v) is 13.1. The first kappa shape index (κ1) is 30.3. The fraction of sp³-hybridized carbons (Fsp3) is 0.389. The minimum Gasteiger partial charge on any atom is -0.489 e. The van der Waals surface area contributed by atoms with E-state index in [0.717, 1.165) is 18.2 Å². The summed E-state index contributed by atoms with van der Waals surface area (Å²) >= 11 is 0. The Hall–Kier alpha value is -4.41. The van der Waals surface area contributed by atoms with Crippen molar-refractivity contribution >= 4 is 22.6 Å². The smallest absolute Gasteiger partial charge is 0.236 e. The number of halogens is 1. The standard InChI is InChI=1S/C36H36FN3O6/c1-35(34(43)40-15-12-25(41)19-40)20-45-33-27(35)18-30(39-32(33)21-5-7-24(37)8-6-21)36(2,44)13-11-28(42)23-16-22-4-3-14-38-31(22)29(17-23)46-26-9-10-26/h3-8,14,16-18,25-26,41,44H,9-13,15,19-20H2,1-2H3/t25-,35-,36-/m0/s1. The molecule has 0 bridgehead atoms. The number of β-amino-alcohol motifs (C(OH)–C–C–N with tert-alkyl or cyclic N) is 1. The van der Waals surface area contributed by atoms with Crippen LogP contribution < -0.4 is 9.47 Å². The molecule has 2 aromatic heterocycles. The lowest BCUT2D eigenvalue weighted by molar-refractivity contribution is -0.136. The quantitative estimate of drug-likeness (QED) is 0.247. The van der Waals surface area contributed by atoms with Gasteiger partial charge in [-0.05, 0) is 88.1 Å². The van der Waals surface area contributed by atoms with Gasteiger partial charge in [-0.2, -0.15) is 0 Å². The SMILES string of the molecule is C[C@](O)(CCC(=O)c1cc(OC2CC2)c2ncccc2c1)c1cc2c(c(-c3ccc(F)cc3)n1)OC[C@]2(C)C(=O)N1CC[C@H](O)C1. The average molecular weight is 626 g/mol. The van der Waals surface area contributed by atoms with Gasteiger partial charge >= 0.3 is 0 Å². The number of ketones is 1. The van der Waals surface area contributed by atoms with Crippen LogP contribution in [0.5, 0.6) is 11.5 Å². The Kier molecular flexibility index (Phi) is 7.52. The molecule has 3 aliphatic rings. The van der Waals surface area contributed by atoms with Gasteiger partial charge in [-0.15, -0.1) is 0 Å². The van der Waals surface area contributed by atoms with Gasteiger partial charge in [-0.25, -0.2) is 9.37 Å². The number of ether oxygens (including phenoxy) is 2. The van der Waals surface area contributed by atoms with Gasteiger partial charge in [0.15, 0.2) is 5.78 Å². The summed E-state index contributed by atoms with van der Waals surface area (Å²) in [6.07, 6.45) is 3.77. The number of hydrogen-bond acceptors (Lipinski definition) is 8. The lowest BCUT2D eigenvalue weighted by Crippen LogP contribution is -2.45. The molecule has 1 amide bonds. The molecule has 0 unspecified atom stereocenters. The van der Waals surface area contributed by atoms with E-state index in [4.69, 9.17) is 14.5 Å². The van der Waals surface area contributed by atoms with E-state index in [0.29, 0.717) is 52.4 Å².